The second-order valence-corrected chi connectivity index (χ2v) is 5.63. The fourth-order valence-corrected chi connectivity index (χ4v) is 3.05. The van der Waals surface area contributed by atoms with Crippen molar-refractivity contribution in [1.29, 1.82) is 0 Å². The average molecular weight is 271 g/mol. The molecule has 2 aliphatic heterocycles. The van der Waals surface area contributed by atoms with Crippen LogP contribution in [0, 0.1) is 11.8 Å². The topological polar surface area (TPSA) is 32.7 Å². The molecule has 1 N–H and O–H groups in total. The van der Waals surface area contributed by atoms with Crippen molar-refractivity contribution in [2.45, 2.75) is 38.0 Å². The largest absolute Gasteiger partial charge is 0.395 e. The highest BCUT2D eigenvalue weighted by Crippen LogP contribution is 2.27. The summed E-state index contributed by atoms with van der Waals surface area (Å²) in [5.41, 5.74) is 2.34. The molecule has 1 aromatic carbocycles. The first-order chi connectivity index (χ1) is 9.83. The number of aliphatic hydroxyl groups is 1. The van der Waals surface area contributed by atoms with Crippen LogP contribution in [0.3, 0.4) is 0 Å². The molecule has 20 heavy (non-hydrogen) atoms. The minimum atomic E-state index is 0.128. The van der Waals surface area contributed by atoms with Crippen molar-refractivity contribution >= 4 is 0 Å². The minimum Gasteiger partial charge on any atom is -0.395 e. The molecule has 0 amide bonds. The lowest BCUT2D eigenvalue weighted by molar-refractivity contribution is -0.0410. The van der Waals surface area contributed by atoms with Gasteiger partial charge in [-0.15, -0.1) is 0 Å². The summed E-state index contributed by atoms with van der Waals surface area (Å²) >= 11 is 0. The van der Waals surface area contributed by atoms with Gasteiger partial charge < -0.3 is 9.84 Å². The van der Waals surface area contributed by atoms with E-state index in [1.165, 1.54) is 18.4 Å². The second-order valence-electron chi connectivity index (χ2n) is 5.63. The molecule has 106 valence electrons. The van der Waals surface area contributed by atoms with E-state index in [2.05, 4.69) is 34.9 Å². The summed E-state index contributed by atoms with van der Waals surface area (Å²) < 4.78 is 5.87. The van der Waals surface area contributed by atoms with Gasteiger partial charge in [-0.3, -0.25) is 4.90 Å². The van der Waals surface area contributed by atoms with Crippen molar-refractivity contribution in [3.05, 3.63) is 35.4 Å². The number of fused-ring (bicyclic) bond motifs is 2. The van der Waals surface area contributed by atoms with Crippen LogP contribution in [-0.4, -0.2) is 41.9 Å². The van der Waals surface area contributed by atoms with Crippen LogP contribution in [0.1, 0.15) is 30.4 Å². The molecule has 2 heterocycles. The molecule has 2 fully saturated rings. The standard InChI is InChI=1S/C17H21NO2/c19-9-2-1-4-14-5-3-6-15(10-14)11-18-12-16-7-8-17(13-18)20-16/h3,5-6,10,16-17,19H,2,7-9,11-13H2. The molecule has 0 saturated carbocycles. The Morgan fingerprint density at radius 3 is 2.80 bits per heavy atom. The molecule has 2 unspecified atom stereocenters. The van der Waals surface area contributed by atoms with Crippen LogP contribution in [0.15, 0.2) is 24.3 Å². The van der Waals surface area contributed by atoms with Crippen molar-refractivity contribution < 1.29 is 9.84 Å². The summed E-state index contributed by atoms with van der Waals surface area (Å²) in [5, 5.41) is 8.75. The van der Waals surface area contributed by atoms with E-state index in [-0.39, 0.29) is 6.61 Å². The molecule has 0 spiro atoms. The van der Waals surface area contributed by atoms with E-state index in [1.54, 1.807) is 0 Å². The fraction of sp³-hybridized carbons (Fsp3) is 0.529. The highest BCUT2D eigenvalue weighted by atomic mass is 16.5. The first-order valence-corrected chi connectivity index (χ1v) is 7.40. The summed E-state index contributed by atoms with van der Waals surface area (Å²) in [5.74, 6) is 6.07. The summed E-state index contributed by atoms with van der Waals surface area (Å²) in [4.78, 5) is 2.49. The van der Waals surface area contributed by atoms with Crippen molar-refractivity contribution in [3.63, 3.8) is 0 Å². The zero-order valence-corrected chi connectivity index (χ0v) is 11.7. The van der Waals surface area contributed by atoms with Gasteiger partial charge in [0.25, 0.3) is 0 Å². The second kappa shape index (κ2) is 6.41. The zero-order valence-electron chi connectivity index (χ0n) is 11.7. The molecule has 3 rings (SSSR count). The van der Waals surface area contributed by atoms with Crippen LogP contribution in [0.2, 0.25) is 0 Å². The van der Waals surface area contributed by atoms with Crippen molar-refractivity contribution in [2.75, 3.05) is 19.7 Å². The molecule has 1 aromatic rings. The van der Waals surface area contributed by atoms with Crippen molar-refractivity contribution in [2.24, 2.45) is 0 Å². The summed E-state index contributed by atoms with van der Waals surface area (Å²) in [7, 11) is 0. The smallest absolute Gasteiger partial charge is 0.0707 e. The third-order valence-electron chi connectivity index (χ3n) is 3.92. The summed E-state index contributed by atoms with van der Waals surface area (Å²) in [6, 6.07) is 8.40. The number of rotatable bonds is 3. The van der Waals surface area contributed by atoms with Gasteiger partial charge in [0.2, 0.25) is 0 Å². The van der Waals surface area contributed by atoms with Gasteiger partial charge in [-0.05, 0) is 30.5 Å². The molecule has 0 aromatic heterocycles. The van der Waals surface area contributed by atoms with E-state index >= 15 is 0 Å². The Hall–Kier alpha value is -1.34. The van der Waals surface area contributed by atoms with E-state index in [0.717, 1.165) is 25.2 Å². The van der Waals surface area contributed by atoms with Crippen LogP contribution >= 0.6 is 0 Å². The molecule has 2 atom stereocenters. The molecular formula is C17H21NO2. The Morgan fingerprint density at radius 1 is 1.25 bits per heavy atom. The average Bonchev–Trinajstić information content (AvgIpc) is 2.79. The third-order valence-corrected chi connectivity index (χ3v) is 3.92. The zero-order chi connectivity index (χ0) is 13.8. The number of likely N-dealkylation sites (tertiary alicyclic amines) is 1. The summed E-state index contributed by atoms with van der Waals surface area (Å²) in [6.45, 7) is 3.21. The van der Waals surface area contributed by atoms with Crippen LogP contribution in [0.25, 0.3) is 0 Å². The molecule has 0 aliphatic carbocycles. The minimum absolute atomic E-state index is 0.128. The molecule has 3 heteroatoms. The maximum Gasteiger partial charge on any atom is 0.0707 e. The van der Waals surface area contributed by atoms with Gasteiger partial charge in [0.15, 0.2) is 0 Å². The molecule has 3 nitrogen and oxygen atoms in total. The Bertz CT molecular complexity index is 505. The maximum atomic E-state index is 8.75. The third kappa shape index (κ3) is 3.40. The number of hydrogen-bond donors (Lipinski definition) is 1. The first kappa shape index (κ1) is 13.6. The van der Waals surface area contributed by atoms with E-state index in [1.807, 2.05) is 6.07 Å². The van der Waals surface area contributed by atoms with Gasteiger partial charge in [0, 0.05) is 31.6 Å². The lowest BCUT2D eigenvalue weighted by Crippen LogP contribution is -2.41. The number of morpholine rings is 1. The molecule has 2 aliphatic rings. The van der Waals surface area contributed by atoms with Gasteiger partial charge >= 0.3 is 0 Å². The normalized spacial score (nSPS) is 25.2. The van der Waals surface area contributed by atoms with Gasteiger partial charge in [-0.1, -0.05) is 24.0 Å². The number of ether oxygens (including phenoxy) is 1. The van der Waals surface area contributed by atoms with Crippen LogP contribution in [0.4, 0.5) is 0 Å². The van der Waals surface area contributed by atoms with E-state index in [9.17, 15) is 0 Å². The van der Waals surface area contributed by atoms with Crippen LogP contribution < -0.4 is 0 Å². The predicted molar refractivity (Wildman–Crippen MR) is 78.2 cm³/mol. The van der Waals surface area contributed by atoms with E-state index in [4.69, 9.17) is 9.84 Å². The first-order valence-electron chi connectivity index (χ1n) is 7.40. The fourth-order valence-electron chi connectivity index (χ4n) is 3.05. The van der Waals surface area contributed by atoms with Gasteiger partial charge in [-0.25, -0.2) is 0 Å². The van der Waals surface area contributed by atoms with Gasteiger partial charge in [0.05, 0.1) is 18.8 Å². The maximum absolute atomic E-state index is 8.75. The molecule has 0 radical (unpaired) electrons. The highest BCUT2D eigenvalue weighted by Gasteiger charge is 2.33. The molecule has 2 bridgehead atoms. The number of hydrogen-bond acceptors (Lipinski definition) is 3. The Morgan fingerprint density at radius 2 is 2.05 bits per heavy atom. The number of nitrogens with zero attached hydrogens (tertiary/aromatic N) is 1. The summed E-state index contributed by atoms with van der Waals surface area (Å²) in [6.07, 6.45) is 3.86. The van der Waals surface area contributed by atoms with Crippen LogP contribution in [-0.2, 0) is 11.3 Å². The Kier molecular flexibility index (Phi) is 4.37. The Labute approximate surface area is 120 Å². The van der Waals surface area contributed by atoms with Gasteiger partial charge in [0.1, 0.15) is 0 Å². The molecular weight excluding hydrogens is 250 g/mol. The van der Waals surface area contributed by atoms with Crippen LogP contribution in [0.5, 0.6) is 0 Å². The lowest BCUT2D eigenvalue weighted by Gasteiger charge is -2.32. The predicted octanol–water partition coefficient (Wildman–Crippen LogP) is 1.78. The number of aliphatic hydroxyl groups excluding tert-OH is 1. The van der Waals surface area contributed by atoms with E-state index < -0.39 is 0 Å². The van der Waals surface area contributed by atoms with Crippen molar-refractivity contribution in [1.82, 2.24) is 4.90 Å². The quantitative estimate of drug-likeness (QED) is 0.851. The molecule has 2 saturated heterocycles. The number of benzene rings is 1. The monoisotopic (exact) mass is 271 g/mol. The SMILES string of the molecule is OCCC#Cc1cccc(CN2CC3CCC(C2)O3)c1. The highest BCUT2D eigenvalue weighted by molar-refractivity contribution is 5.37. The van der Waals surface area contributed by atoms with Gasteiger partial charge in [-0.2, -0.15) is 0 Å². The Balaban J connectivity index is 1.63. The lowest BCUT2D eigenvalue weighted by atomic mass is 10.1. The van der Waals surface area contributed by atoms with Crippen molar-refractivity contribution in [3.8, 4) is 11.8 Å². The van der Waals surface area contributed by atoms with E-state index in [0.29, 0.717) is 18.6 Å².